The van der Waals surface area contributed by atoms with Crippen molar-refractivity contribution in [2.45, 2.75) is 19.8 Å². The van der Waals surface area contributed by atoms with Crippen LogP contribution in [0.2, 0.25) is 0 Å². The van der Waals surface area contributed by atoms with Gasteiger partial charge in [-0.15, -0.1) is 0 Å². The second-order valence-electron chi connectivity index (χ2n) is 9.75. The van der Waals surface area contributed by atoms with Gasteiger partial charge in [-0.05, 0) is 42.2 Å². The van der Waals surface area contributed by atoms with Crippen molar-refractivity contribution in [1.82, 2.24) is 0 Å². The fraction of sp³-hybridized carbons (Fsp3) is 0.207. The minimum atomic E-state index is -1.00. The maximum atomic E-state index is 14.0. The number of non-ortho nitro benzene ring substituents is 1. The third-order valence-corrected chi connectivity index (χ3v) is 7.58. The number of amides is 2. The number of esters is 1. The van der Waals surface area contributed by atoms with Gasteiger partial charge in [-0.1, -0.05) is 54.6 Å². The normalized spacial score (nSPS) is 24.1. The van der Waals surface area contributed by atoms with Gasteiger partial charge < -0.3 is 4.74 Å². The summed E-state index contributed by atoms with van der Waals surface area (Å²) in [5, 5.41) is 11.4. The highest BCUT2D eigenvalue weighted by molar-refractivity contribution is 6.25. The van der Waals surface area contributed by atoms with E-state index in [1.807, 2.05) is 55.5 Å². The van der Waals surface area contributed by atoms with Gasteiger partial charge in [-0.25, -0.2) is 4.90 Å². The lowest BCUT2D eigenvalue weighted by Gasteiger charge is -2.38. The molecule has 0 N–H and O–H groups in total. The van der Waals surface area contributed by atoms with Gasteiger partial charge in [0.1, 0.15) is 5.75 Å². The van der Waals surface area contributed by atoms with Crippen LogP contribution in [0, 0.1) is 41.7 Å². The summed E-state index contributed by atoms with van der Waals surface area (Å²) >= 11 is 0. The molecule has 2 aliphatic heterocycles. The van der Waals surface area contributed by atoms with E-state index in [2.05, 4.69) is 0 Å². The molecule has 1 fully saturated rings. The lowest BCUT2D eigenvalue weighted by molar-refractivity contribution is -0.384. The number of imide groups is 1. The Kier molecular flexibility index (Phi) is 5.08. The molecule has 8 nitrogen and oxygen atoms in total. The molecule has 3 aromatic rings. The van der Waals surface area contributed by atoms with Gasteiger partial charge in [0.15, 0.2) is 0 Å². The first-order valence-electron chi connectivity index (χ1n) is 12.0. The first kappa shape index (κ1) is 22.8. The summed E-state index contributed by atoms with van der Waals surface area (Å²) in [6.45, 7) is 3.59. The molecule has 0 spiro atoms. The van der Waals surface area contributed by atoms with Gasteiger partial charge in [0.25, 0.3) is 5.69 Å². The molecule has 3 aromatic carbocycles. The van der Waals surface area contributed by atoms with Crippen LogP contribution in [0.15, 0.2) is 72.8 Å². The Morgan fingerprint density at radius 2 is 1.62 bits per heavy atom. The van der Waals surface area contributed by atoms with Crippen LogP contribution in [0.3, 0.4) is 0 Å². The molecule has 4 atom stereocenters. The second kappa shape index (κ2) is 8.23. The van der Waals surface area contributed by atoms with E-state index in [1.54, 1.807) is 13.0 Å². The Labute approximate surface area is 212 Å². The van der Waals surface area contributed by atoms with Crippen molar-refractivity contribution in [3.05, 3.63) is 105 Å². The SMILES string of the molecule is Cc1ccc2c(c1)OC(=O)[C@@H]1C2=C[C@H](c2ccccc2)[C@@H]2C(=O)N(c3cc([N+](=O)[O-])ccc3C)C(=O)[C@@H]12. The van der Waals surface area contributed by atoms with E-state index < -0.39 is 46.4 Å². The second-order valence-corrected chi connectivity index (χ2v) is 9.75. The molecular weight excluding hydrogens is 472 g/mol. The summed E-state index contributed by atoms with van der Waals surface area (Å²) in [4.78, 5) is 53.3. The van der Waals surface area contributed by atoms with Gasteiger partial charge >= 0.3 is 5.97 Å². The van der Waals surface area contributed by atoms with Crippen molar-refractivity contribution in [3.8, 4) is 5.75 Å². The fourth-order valence-corrected chi connectivity index (χ4v) is 5.86. The van der Waals surface area contributed by atoms with E-state index in [1.165, 1.54) is 18.2 Å². The smallest absolute Gasteiger partial charge is 0.319 e. The van der Waals surface area contributed by atoms with Crippen LogP contribution in [-0.2, 0) is 14.4 Å². The molecule has 0 radical (unpaired) electrons. The predicted octanol–water partition coefficient (Wildman–Crippen LogP) is 4.73. The van der Waals surface area contributed by atoms with E-state index in [4.69, 9.17) is 4.74 Å². The van der Waals surface area contributed by atoms with Crippen molar-refractivity contribution in [2.75, 3.05) is 4.90 Å². The number of allylic oxidation sites excluding steroid dienone is 1. The number of hydrogen-bond donors (Lipinski definition) is 0. The minimum Gasteiger partial charge on any atom is -0.425 e. The molecule has 1 saturated heterocycles. The fourth-order valence-electron chi connectivity index (χ4n) is 5.86. The van der Waals surface area contributed by atoms with Crippen molar-refractivity contribution in [3.63, 3.8) is 0 Å². The number of nitrogens with zero attached hydrogens (tertiary/aromatic N) is 2. The molecule has 0 aromatic heterocycles. The van der Waals surface area contributed by atoms with Crippen molar-refractivity contribution in [1.29, 1.82) is 0 Å². The number of fused-ring (bicyclic) bond motifs is 5. The van der Waals surface area contributed by atoms with Crippen LogP contribution in [-0.4, -0.2) is 22.7 Å². The predicted molar refractivity (Wildman–Crippen MR) is 135 cm³/mol. The number of benzene rings is 3. The highest BCUT2D eigenvalue weighted by Gasteiger charge is 2.60. The average Bonchev–Trinajstić information content (AvgIpc) is 3.14. The van der Waals surface area contributed by atoms with Gasteiger partial charge in [0.2, 0.25) is 11.8 Å². The quantitative estimate of drug-likeness (QED) is 0.171. The number of nitro groups is 1. The van der Waals surface area contributed by atoms with E-state index in [9.17, 15) is 24.5 Å². The molecular formula is C29H22N2O6. The van der Waals surface area contributed by atoms with E-state index in [0.717, 1.165) is 21.6 Å². The molecule has 6 rings (SSSR count). The van der Waals surface area contributed by atoms with Crippen LogP contribution in [0.5, 0.6) is 5.75 Å². The maximum Gasteiger partial charge on any atom is 0.319 e. The molecule has 184 valence electrons. The average molecular weight is 495 g/mol. The Morgan fingerprint density at radius 3 is 2.35 bits per heavy atom. The van der Waals surface area contributed by atoms with E-state index in [-0.39, 0.29) is 11.4 Å². The molecule has 2 amide bonds. The lowest BCUT2D eigenvalue weighted by atomic mass is 9.64. The van der Waals surface area contributed by atoms with Crippen molar-refractivity contribution >= 4 is 34.7 Å². The first-order valence-corrected chi connectivity index (χ1v) is 12.0. The molecule has 8 heteroatoms. The largest absolute Gasteiger partial charge is 0.425 e. The summed E-state index contributed by atoms with van der Waals surface area (Å²) in [5.74, 6) is -4.47. The Hall–Kier alpha value is -4.59. The number of carbonyl (C=O) groups excluding carboxylic acids is 3. The Bertz CT molecular complexity index is 1540. The van der Waals surface area contributed by atoms with E-state index >= 15 is 0 Å². The highest BCUT2D eigenvalue weighted by atomic mass is 16.6. The topological polar surface area (TPSA) is 107 Å². The van der Waals surface area contributed by atoms with Crippen LogP contribution in [0.25, 0.3) is 5.57 Å². The zero-order valence-corrected chi connectivity index (χ0v) is 20.1. The summed E-state index contributed by atoms with van der Waals surface area (Å²) < 4.78 is 5.68. The first-order chi connectivity index (χ1) is 17.8. The summed E-state index contributed by atoms with van der Waals surface area (Å²) in [7, 11) is 0. The minimum absolute atomic E-state index is 0.159. The van der Waals surface area contributed by atoms with Crippen molar-refractivity contribution in [2.24, 2.45) is 17.8 Å². The van der Waals surface area contributed by atoms with Gasteiger partial charge in [0, 0.05) is 23.6 Å². The summed E-state index contributed by atoms with van der Waals surface area (Å²) in [6, 6.07) is 19.1. The van der Waals surface area contributed by atoms with Crippen LogP contribution in [0.4, 0.5) is 11.4 Å². The molecule has 2 heterocycles. The zero-order chi connectivity index (χ0) is 26.0. The Morgan fingerprint density at radius 1 is 0.892 bits per heavy atom. The molecule has 0 unspecified atom stereocenters. The standard InChI is InChI=1S/C29H22N2O6/c1-15-8-11-19-21-14-20(17-6-4-3-5-7-17)24-26(25(21)29(34)37-23(19)12-15)28(33)30(27(24)32)22-13-18(31(35)36)10-9-16(22)2/h3-14,20,24-26H,1-2H3/t20-,24+,25-,26-/m1/s1. The van der Waals surface area contributed by atoms with Gasteiger partial charge in [0.05, 0.1) is 28.4 Å². The number of aryl methyl sites for hydroxylation is 2. The maximum absolute atomic E-state index is 14.0. The molecule has 37 heavy (non-hydrogen) atoms. The number of carbonyl (C=O) groups is 3. The van der Waals surface area contributed by atoms with Gasteiger partial charge in [-0.3, -0.25) is 24.5 Å². The van der Waals surface area contributed by atoms with Crippen LogP contribution in [0.1, 0.15) is 28.2 Å². The van der Waals surface area contributed by atoms with Gasteiger partial charge in [-0.2, -0.15) is 0 Å². The van der Waals surface area contributed by atoms with Crippen LogP contribution < -0.4 is 9.64 Å². The van der Waals surface area contributed by atoms with Crippen LogP contribution >= 0.6 is 0 Å². The summed E-state index contributed by atoms with van der Waals surface area (Å²) in [6.07, 6.45) is 1.92. The molecule has 0 saturated carbocycles. The summed E-state index contributed by atoms with van der Waals surface area (Å²) in [5.41, 5.74) is 3.64. The number of anilines is 1. The number of rotatable bonds is 3. The third-order valence-electron chi connectivity index (χ3n) is 7.58. The molecule has 0 bridgehead atoms. The van der Waals surface area contributed by atoms with E-state index in [0.29, 0.717) is 16.9 Å². The zero-order valence-electron chi connectivity index (χ0n) is 20.1. The lowest BCUT2D eigenvalue weighted by Crippen LogP contribution is -2.42. The third kappa shape index (κ3) is 3.40. The number of hydrogen-bond acceptors (Lipinski definition) is 6. The monoisotopic (exact) mass is 494 g/mol. The molecule has 1 aliphatic carbocycles. The van der Waals surface area contributed by atoms with Crippen molar-refractivity contribution < 1.29 is 24.0 Å². The highest BCUT2D eigenvalue weighted by Crippen LogP contribution is 2.55. The Balaban J connectivity index is 1.55. The molecule has 3 aliphatic rings. The number of ether oxygens (including phenoxy) is 1. The number of nitro benzene ring substituents is 1.